The molecule has 0 saturated carbocycles. The van der Waals surface area contributed by atoms with Gasteiger partial charge in [0.1, 0.15) is 42.0 Å². The molecule has 2 fully saturated rings. The molecule has 11 atom stereocenters. The van der Waals surface area contributed by atoms with Gasteiger partial charge in [-0.2, -0.15) is 11.8 Å². The molecule has 3 aliphatic heterocycles. The van der Waals surface area contributed by atoms with Gasteiger partial charge in [0.2, 0.25) is 47.3 Å². The van der Waals surface area contributed by atoms with Gasteiger partial charge >= 0.3 is 12.0 Å². The summed E-state index contributed by atoms with van der Waals surface area (Å²) in [6, 6.07) is -4.61. The predicted octanol–water partition coefficient (Wildman–Crippen LogP) is -3.98. The third-order valence-corrected chi connectivity index (χ3v) is 17.2. The number of carbonyl (C=O) groups excluding carboxylic acids is 9. The zero-order chi connectivity index (χ0) is 69.1. The normalized spacial score (nSPS) is 23.8. The second kappa shape index (κ2) is 42.5. The Hall–Kier alpha value is -7.96. The minimum Gasteiger partial charge on any atom is -0.508 e. The molecule has 1 unspecified atom stereocenters. The van der Waals surface area contributed by atoms with E-state index in [0.717, 1.165) is 25.0 Å². The van der Waals surface area contributed by atoms with Crippen LogP contribution in [0.25, 0.3) is 0 Å². The van der Waals surface area contributed by atoms with Crippen LogP contribution in [0.4, 0.5) is 4.79 Å². The number of aliphatic hydroxyl groups is 1. The number of nitrogens with two attached hydrogens (primary N) is 4. The summed E-state index contributed by atoms with van der Waals surface area (Å²) in [5, 5.41) is 66.4. The number of benzene rings is 1. The first kappa shape index (κ1) is 77.7. The van der Waals surface area contributed by atoms with Crippen molar-refractivity contribution >= 4 is 77.0 Å². The standard InChI is InChI=1S/C60H98N18O16S/c1-36(79)50-58(90)70-43(13-8-21-67-59(63)64)54(86)68-41(53(85)66-23-10-26-93-28-30-94-29-27-92-25-9-22-65-48(81)15-3-2-14-47-51-46(35-95-47)73-60(91)75-51)12-5-7-24-78-34-38(76-77-78)32-40(62)52(84)71-44(31-37-16-18-39(80)19-17-37)56(88)72-45(33-49(82)83)57(89)69-42(55(87)74-50)11-4-6-20-61/h16-19,34,36,40-47,50-51,79-80H,2-15,20-33,35,61-62H2,1H3,(H,65,81)(H,66,85)(H,68,86)(H,69,89)(H,70,90)(H,71,84)(H,72,88)(H,74,87)(H,82,83)(H4,63,64,67)(H2,73,75,91)/t36-,40+,41+,42+,43+,44+,45+,46-,47?,50+,51-/m1/s1. The summed E-state index contributed by atoms with van der Waals surface area (Å²) in [4.78, 5) is 139. The Balaban J connectivity index is 1.19. The number of hydrogen-bond acceptors (Lipinski definition) is 21. The number of nitrogens with zero attached hydrogens (tertiary/aromatic N) is 4. The number of unbranched alkanes of at least 4 members (excludes halogenated alkanes) is 2. The number of nitrogens with one attached hydrogen (secondary N) is 10. The van der Waals surface area contributed by atoms with Crippen LogP contribution in [-0.4, -0.2) is 233 Å². The number of hydrogen-bond donors (Lipinski definition) is 17. The number of carboxylic acid groups (broad SMARTS) is 1. The molecule has 2 aromatic rings. The number of aromatic nitrogens is 3. The fraction of sp³-hybridized carbons (Fsp3) is 0.683. The monoisotopic (exact) mass is 1360 g/mol. The van der Waals surface area contributed by atoms with Crippen LogP contribution in [0.3, 0.4) is 0 Å². The Bertz CT molecular complexity index is 2820. The van der Waals surface area contributed by atoms with Crippen LogP contribution in [0, 0.1) is 0 Å². The molecular formula is C60H98N18O16S. The molecule has 0 radical (unpaired) electrons. The summed E-state index contributed by atoms with van der Waals surface area (Å²) in [6.45, 7) is 4.25. The molecule has 21 N–H and O–H groups in total. The van der Waals surface area contributed by atoms with E-state index in [4.69, 9.17) is 37.1 Å². The van der Waals surface area contributed by atoms with Crippen LogP contribution in [0.5, 0.6) is 5.75 Å². The van der Waals surface area contributed by atoms with Crippen molar-refractivity contribution in [3.8, 4) is 5.75 Å². The van der Waals surface area contributed by atoms with Crippen LogP contribution in [0.15, 0.2) is 35.5 Å². The van der Waals surface area contributed by atoms with Crippen LogP contribution < -0.4 is 76.1 Å². The molecule has 34 nitrogen and oxygen atoms in total. The molecule has 0 aliphatic carbocycles. The van der Waals surface area contributed by atoms with Gasteiger partial charge in [-0.1, -0.05) is 23.8 Å². The molecule has 3 aliphatic rings. The first-order chi connectivity index (χ1) is 45.6. The van der Waals surface area contributed by atoms with Crippen LogP contribution in [0.1, 0.15) is 114 Å². The Morgan fingerprint density at radius 2 is 1.33 bits per heavy atom. The van der Waals surface area contributed by atoms with Crippen molar-refractivity contribution in [3.05, 3.63) is 41.7 Å². The highest BCUT2D eigenvalue weighted by molar-refractivity contribution is 8.00. The summed E-state index contributed by atoms with van der Waals surface area (Å²) >= 11 is 1.86. The third kappa shape index (κ3) is 29.3. The number of carboxylic acids is 1. The van der Waals surface area contributed by atoms with Crippen LogP contribution in [0.2, 0.25) is 0 Å². The number of aliphatic hydroxyl groups excluding tert-OH is 1. The Kier molecular flexibility index (Phi) is 34.8. The molecule has 4 heterocycles. The lowest BCUT2D eigenvalue weighted by molar-refractivity contribution is -0.141. The zero-order valence-corrected chi connectivity index (χ0v) is 54.7. The van der Waals surface area contributed by atoms with Crippen LogP contribution in [-0.2, 0) is 76.7 Å². The van der Waals surface area contributed by atoms with Gasteiger partial charge in [-0.25, -0.2) is 4.79 Å². The van der Waals surface area contributed by atoms with E-state index >= 15 is 0 Å². The van der Waals surface area contributed by atoms with Gasteiger partial charge in [0.05, 0.1) is 62.8 Å². The maximum absolute atomic E-state index is 14.4. The number of aliphatic carboxylic acids is 1. The smallest absolute Gasteiger partial charge is 0.315 e. The minimum atomic E-state index is -1.86. The van der Waals surface area contributed by atoms with Crippen molar-refractivity contribution in [1.29, 1.82) is 0 Å². The molecule has 10 amide bonds. The molecular weight excluding hydrogens is 1260 g/mol. The summed E-state index contributed by atoms with van der Waals surface area (Å²) < 4.78 is 18.5. The molecule has 1 aromatic heterocycles. The number of phenolic OH excluding ortho intramolecular Hbond substituents is 1. The van der Waals surface area contributed by atoms with E-state index in [1.165, 1.54) is 35.9 Å². The Morgan fingerprint density at radius 1 is 0.716 bits per heavy atom. The Morgan fingerprint density at radius 3 is 2.00 bits per heavy atom. The minimum absolute atomic E-state index is 0.00160. The molecule has 5 rings (SSSR count). The molecule has 2 bridgehead atoms. The molecule has 1 aromatic carbocycles. The van der Waals surface area contributed by atoms with Gasteiger partial charge in [-0.15, -0.1) is 5.10 Å². The first-order valence-electron chi connectivity index (χ1n) is 32.5. The molecule has 0 spiro atoms. The number of aryl methyl sites for hydroxylation is 1. The zero-order valence-electron chi connectivity index (χ0n) is 53.9. The highest BCUT2D eigenvalue weighted by Crippen LogP contribution is 2.33. The molecule has 35 heteroatoms. The highest BCUT2D eigenvalue weighted by atomic mass is 32.2. The predicted molar refractivity (Wildman–Crippen MR) is 347 cm³/mol. The molecule has 95 heavy (non-hydrogen) atoms. The van der Waals surface area contributed by atoms with Gasteiger partial charge in [-0.3, -0.25) is 52.8 Å². The lowest BCUT2D eigenvalue weighted by atomic mass is 10.0. The number of fused-ring (bicyclic) bond motifs is 3. The maximum atomic E-state index is 14.4. The second-order valence-corrected chi connectivity index (χ2v) is 24.8. The van der Waals surface area contributed by atoms with Crippen molar-refractivity contribution in [2.24, 2.45) is 27.9 Å². The summed E-state index contributed by atoms with van der Waals surface area (Å²) in [5.74, 6) is -7.36. The van der Waals surface area contributed by atoms with E-state index in [9.17, 15) is 63.3 Å². The number of thioether (sulfide) groups is 1. The van der Waals surface area contributed by atoms with Gasteiger partial charge in [0.25, 0.3) is 0 Å². The summed E-state index contributed by atoms with van der Waals surface area (Å²) in [6.07, 6.45) is 3.99. The van der Waals surface area contributed by atoms with Gasteiger partial charge in [0, 0.05) is 75.9 Å². The maximum Gasteiger partial charge on any atom is 0.315 e. The van der Waals surface area contributed by atoms with E-state index in [-0.39, 0.29) is 127 Å². The van der Waals surface area contributed by atoms with Crippen molar-refractivity contribution in [2.45, 2.75) is 188 Å². The number of ether oxygens (including phenoxy) is 3. The van der Waals surface area contributed by atoms with E-state index in [1.807, 2.05) is 11.8 Å². The number of rotatable bonds is 33. The van der Waals surface area contributed by atoms with E-state index in [1.54, 1.807) is 6.20 Å². The fourth-order valence-corrected chi connectivity index (χ4v) is 12.1. The molecule has 530 valence electrons. The molecule has 2 saturated heterocycles. The number of aromatic hydroxyl groups is 1. The topological polar surface area (TPSA) is 527 Å². The SMILES string of the molecule is C[C@@H](O)[C@@H]1NC(=O)[C@H](CCCCN)NC(=O)[C@H](CC(=O)O)NC(=O)[C@H](Cc2ccc(O)cc2)NC(=O)[C@@H](N)Cc2cn(nn2)CCCC[C@@H](C(=O)NCCCOCCOCCOCCCNC(=O)CCCCC2SC[C@H]3NC(=O)N[C@@H]23)NC(=O)[C@H](CCCN=C(N)N)NC1=O. The second-order valence-electron chi connectivity index (χ2n) is 23.6. The number of amides is 10. The summed E-state index contributed by atoms with van der Waals surface area (Å²) in [5.41, 5.74) is 23.9. The van der Waals surface area contributed by atoms with Crippen LogP contribution >= 0.6 is 11.8 Å². The van der Waals surface area contributed by atoms with Gasteiger partial charge in [-0.05, 0) is 108 Å². The van der Waals surface area contributed by atoms with Crippen molar-refractivity contribution < 1.29 is 77.5 Å². The van der Waals surface area contributed by atoms with E-state index in [0.29, 0.717) is 81.4 Å². The number of aliphatic imine (C=N–C) groups is 1. The van der Waals surface area contributed by atoms with Crippen molar-refractivity contribution in [2.75, 3.05) is 71.6 Å². The number of urea groups is 1. The van der Waals surface area contributed by atoms with E-state index in [2.05, 4.69) is 68.5 Å². The largest absolute Gasteiger partial charge is 0.508 e. The average molecular weight is 1360 g/mol. The number of phenols is 1. The fourth-order valence-electron chi connectivity index (χ4n) is 10.6. The number of carbonyl (C=O) groups is 10. The quantitative estimate of drug-likeness (QED) is 0.0140. The number of guanidine groups is 1. The van der Waals surface area contributed by atoms with E-state index < -0.39 is 102 Å². The van der Waals surface area contributed by atoms with Gasteiger partial charge < -0.3 is 106 Å². The third-order valence-electron chi connectivity index (χ3n) is 15.7. The first-order valence-corrected chi connectivity index (χ1v) is 33.5. The summed E-state index contributed by atoms with van der Waals surface area (Å²) in [7, 11) is 0. The Labute approximate surface area is 555 Å². The lowest BCUT2D eigenvalue weighted by Crippen LogP contribution is -2.62. The van der Waals surface area contributed by atoms with Crippen molar-refractivity contribution in [3.63, 3.8) is 0 Å². The average Bonchev–Trinajstić information content (AvgIpc) is 1.70. The van der Waals surface area contributed by atoms with Crippen molar-refractivity contribution in [1.82, 2.24) is 68.2 Å². The van der Waals surface area contributed by atoms with Gasteiger partial charge in [0.15, 0.2) is 5.96 Å². The lowest BCUT2D eigenvalue weighted by Gasteiger charge is -2.28. The highest BCUT2D eigenvalue weighted by Gasteiger charge is 2.43.